The monoisotopic (exact) mass is 349 g/mol. The van der Waals surface area contributed by atoms with Crippen LogP contribution >= 0.6 is 34.5 Å². The van der Waals surface area contributed by atoms with Crippen LogP contribution in [0.2, 0.25) is 10.0 Å². The van der Waals surface area contributed by atoms with Gasteiger partial charge >= 0.3 is 0 Å². The standard InChI is InChI=1S/C13H13Cl2NO2S2/c1-9-13(15)10(8-19-9)7-16(2)20(17,18)12-5-3-11(14)4-6-12/h3-6,8H,7H2,1-2H3. The zero-order valence-electron chi connectivity index (χ0n) is 10.9. The van der Waals surface area contributed by atoms with Crippen molar-refractivity contribution in [3.63, 3.8) is 0 Å². The van der Waals surface area contributed by atoms with Crippen molar-refractivity contribution in [2.24, 2.45) is 0 Å². The topological polar surface area (TPSA) is 37.4 Å². The third-order valence-electron chi connectivity index (χ3n) is 2.88. The molecule has 1 aromatic carbocycles. The molecule has 0 saturated heterocycles. The summed E-state index contributed by atoms with van der Waals surface area (Å²) in [5.74, 6) is 0. The van der Waals surface area contributed by atoms with E-state index in [1.54, 1.807) is 12.1 Å². The number of thiophene rings is 1. The maximum Gasteiger partial charge on any atom is 0.243 e. The molecule has 7 heteroatoms. The lowest BCUT2D eigenvalue weighted by atomic mass is 10.3. The van der Waals surface area contributed by atoms with E-state index in [1.807, 2.05) is 12.3 Å². The van der Waals surface area contributed by atoms with Gasteiger partial charge in [0.1, 0.15) is 0 Å². The van der Waals surface area contributed by atoms with Gasteiger partial charge in [0.2, 0.25) is 10.0 Å². The number of hydrogen-bond donors (Lipinski definition) is 0. The van der Waals surface area contributed by atoms with Crippen LogP contribution in [0.5, 0.6) is 0 Å². The van der Waals surface area contributed by atoms with Gasteiger partial charge in [0.05, 0.1) is 9.92 Å². The minimum Gasteiger partial charge on any atom is -0.207 e. The molecule has 1 heterocycles. The van der Waals surface area contributed by atoms with E-state index < -0.39 is 10.0 Å². The molecule has 0 radical (unpaired) electrons. The summed E-state index contributed by atoms with van der Waals surface area (Å²) >= 11 is 13.4. The zero-order valence-corrected chi connectivity index (χ0v) is 14.1. The molecule has 0 aliphatic heterocycles. The number of rotatable bonds is 4. The summed E-state index contributed by atoms with van der Waals surface area (Å²) in [6, 6.07) is 6.11. The summed E-state index contributed by atoms with van der Waals surface area (Å²) in [5.41, 5.74) is 0.814. The molecule has 0 N–H and O–H groups in total. The predicted molar refractivity (Wildman–Crippen MR) is 84.2 cm³/mol. The van der Waals surface area contributed by atoms with E-state index in [0.717, 1.165) is 10.4 Å². The minimum absolute atomic E-state index is 0.215. The van der Waals surface area contributed by atoms with Gasteiger partial charge in [-0.1, -0.05) is 23.2 Å². The van der Waals surface area contributed by atoms with Crippen molar-refractivity contribution in [1.29, 1.82) is 0 Å². The molecular weight excluding hydrogens is 337 g/mol. The average molecular weight is 350 g/mol. The lowest BCUT2D eigenvalue weighted by Crippen LogP contribution is -2.26. The fraction of sp³-hybridized carbons (Fsp3) is 0.231. The second kappa shape index (κ2) is 6.03. The summed E-state index contributed by atoms with van der Waals surface area (Å²) in [7, 11) is -2.01. The second-order valence-electron chi connectivity index (χ2n) is 4.35. The Morgan fingerprint density at radius 3 is 2.30 bits per heavy atom. The highest BCUT2D eigenvalue weighted by Gasteiger charge is 2.22. The Kier molecular flexibility index (Phi) is 4.76. The van der Waals surface area contributed by atoms with Gasteiger partial charge in [0, 0.05) is 23.5 Å². The van der Waals surface area contributed by atoms with E-state index in [1.165, 1.54) is 34.8 Å². The van der Waals surface area contributed by atoms with Crippen molar-refractivity contribution in [3.05, 3.63) is 50.1 Å². The van der Waals surface area contributed by atoms with E-state index >= 15 is 0 Å². The highest BCUT2D eigenvalue weighted by atomic mass is 35.5. The Hall–Kier alpha value is -0.590. The summed E-state index contributed by atoms with van der Waals surface area (Å²) in [4.78, 5) is 1.20. The molecular formula is C13H13Cl2NO2S2. The van der Waals surface area contributed by atoms with Gasteiger partial charge < -0.3 is 0 Å². The fourth-order valence-corrected chi connectivity index (χ4v) is 4.04. The maximum atomic E-state index is 12.4. The number of benzene rings is 1. The van der Waals surface area contributed by atoms with Crippen LogP contribution in [0.4, 0.5) is 0 Å². The Morgan fingerprint density at radius 2 is 1.80 bits per heavy atom. The van der Waals surface area contributed by atoms with Crippen LogP contribution in [-0.2, 0) is 16.6 Å². The van der Waals surface area contributed by atoms with Crippen molar-refractivity contribution < 1.29 is 8.42 Å². The predicted octanol–water partition coefficient (Wildman–Crippen LogP) is 4.18. The van der Waals surface area contributed by atoms with E-state index in [-0.39, 0.29) is 11.4 Å². The lowest BCUT2D eigenvalue weighted by Gasteiger charge is -2.17. The normalized spacial score (nSPS) is 12.1. The van der Waals surface area contributed by atoms with Gasteiger partial charge in [-0.25, -0.2) is 8.42 Å². The summed E-state index contributed by atoms with van der Waals surface area (Å²) in [6.07, 6.45) is 0. The number of halogens is 2. The molecule has 2 rings (SSSR count). The first-order valence-electron chi connectivity index (χ1n) is 5.76. The van der Waals surface area contributed by atoms with E-state index in [0.29, 0.717) is 10.0 Å². The van der Waals surface area contributed by atoms with Crippen molar-refractivity contribution in [1.82, 2.24) is 4.31 Å². The Bertz CT molecular complexity index is 708. The number of hydrogen-bond acceptors (Lipinski definition) is 3. The Balaban J connectivity index is 2.25. The average Bonchev–Trinajstić information content (AvgIpc) is 2.71. The van der Waals surface area contributed by atoms with Crippen LogP contribution in [-0.4, -0.2) is 19.8 Å². The Labute approximate surface area is 132 Å². The number of nitrogens with zero attached hydrogens (tertiary/aromatic N) is 1. The largest absolute Gasteiger partial charge is 0.243 e. The molecule has 0 amide bonds. The molecule has 20 heavy (non-hydrogen) atoms. The molecule has 0 unspecified atom stereocenters. The quantitative estimate of drug-likeness (QED) is 0.829. The van der Waals surface area contributed by atoms with Crippen LogP contribution in [0.25, 0.3) is 0 Å². The molecule has 108 valence electrons. The molecule has 0 fully saturated rings. The van der Waals surface area contributed by atoms with E-state index in [9.17, 15) is 8.42 Å². The molecule has 0 saturated carbocycles. The van der Waals surface area contributed by atoms with Gasteiger partial charge in [0.25, 0.3) is 0 Å². The van der Waals surface area contributed by atoms with E-state index in [2.05, 4.69) is 0 Å². The van der Waals surface area contributed by atoms with Crippen LogP contribution in [0, 0.1) is 6.92 Å². The molecule has 0 aliphatic carbocycles. The van der Waals surface area contributed by atoms with Crippen molar-refractivity contribution in [2.45, 2.75) is 18.4 Å². The van der Waals surface area contributed by atoms with Crippen LogP contribution < -0.4 is 0 Å². The van der Waals surface area contributed by atoms with E-state index in [4.69, 9.17) is 23.2 Å². The number of sulfonamides is 1. The summed E-state index contributed by atoms with van der Waals surface area (Å²) in [6.45, 7) is 2.15. The molecule has 0 bridgehead atoms. The molecule has 0 spiro atoms. The summed E-state index contributed by atoms with van der Waals surface area (Å²) < 4.78 is 26.1. The lowest BCUT2D eigenvalue weighted by molar-refractivity contribution is 0.467. The molecule has 0 atom stereocenters. The van der Waals surface area contributed by atoms with Gasteiger partial charge in [-0.3, -0.25) is 0 Å². The molecule has 0 aliphatic rings. The van der Waals surface area contributed by atoms with Crippen LogP contribution in [0.15, 0.2) is 34.5 Å². The van der Waals surface area contributed by atoms with Crippen molar-refractivity contribution in [2.75, 3.05) is 7.05 Å². The van der Waals surface area contributed by atoms with Gasteiger partial charge in [-0.05, 0) is 42.1 Å². The van der Waals surface area contributed by atoms with Gasteiger partial charge in [-0.2, -0.15) is 4.31 Å². The third kappa shape index (κ3) is 3.18. The highest BCUT2D eigenvalue weighted by molar-refractivity contribution is 7.89. The second-order valence-corrected chi connectivity index (χ2v) is 8.29. The molecule has 1 aromatic heterocycles. The Morgan fingerprint density at radius 1 is 1.20 bits per heavy atom. The first kappa shape index (κ1) is 15.8. The maximum absolute atomic E-state index is 12.4. The summed E-state index contributed by atoms with van der Waals surface area (Å²) in [5, 5.41) is 3.02. The highest BCUT2D eigenvalue weighted by Crippen LogP contribution is 2.29. The van der Waals surface area contributed by atoms with Crippen molar-refractivity contribution >= 4 is 44.6 Å². The van der Waals surface area contributed by atoms with Crippen LogP contribution in [0.3, 0.4) is 0 Å². The van der Waals surface area contributed by atoms with Crippen molar-refractivity contribution in [3.8, 4) is 0 Å². The fourth-order valence-electron chi connectivity index (χ4n) is 1.71. The first-order chi connectivity index (χ1) is 9.32. The smallest absolute Gasteiger partial charge is 0.207 e. The minimum atomic E-state index is -3.54. The van der Waals surface area contributed by atoms with Crippen LogP contribution in [0.1, 0.15) is 10.4 Å². The zero-order chi connectivity index (χ0) is 14.9. The SMILES string of the molecule is Cc1scc(CN(C)S(=O)(=O)c2ccc(Cl)cc2)c1Cl. The van der Waals surface area contributed by atoms with Gasteiger partial charge in [0.15, 0.2) is 0 Å². The molecule has 2 aromatic rings. The third-order valence-corrected chi connectivity index (χ3v) is 6.55. The first-order valence-corrected chi connectivity index (χ1v) is 8.84. The number of aryl methyl sites for hydroxylation is 1. The molecule has 3 nitrogen and oxygen atoms in total. The van der Waals surface area contributed by atoms with Gasteiger partial charge in [-0.15, -0.1) is 11.3 Å².